The topological polar surface area (TPSA) is 68.6 Å². The van der Waals surface area contributed by atoms with Gasteiger partial charge in [-0.05, 0) is 30.3 Å². The van der Waals surface area contributed by atoms with E-state index < -0.39 is 0 Å². The maximum atomic E-state index is 5.91. The van der Waals surface area contributed by atoms with Gasteiger partial charge >= 0.3 is 0 Å². The van der Waals surface area contributed by atoms with Gasteiger partial charge in [0.2, 0.25) is 0 Å². The maximum Gasteiger partial charge on any atom is 0.250 e. The molecule has 0 amide bonds. The summed E-state index contributed by atoms with van der Waals surface area (Å²) in [5, 5.41) is 3.24. The van der Waals surface area contributed by atoms with E-state index in [0.29, 0.717) is 23.1 Å². The number of nitrogens with zero attached hydrogens (tertiary/aromatic N) is 3. The fraction of sp³-hybridized carbons (Fsp3) is 0.0556. The molecule has 0 aliphatic carbocycles. The van der Waals surface area contributed by atoms with Crippen molar-refractivity contribution >= 4 is 23.4 Å². The fourth-order valence-electron chi connectivity index (χ4n) is 2.39. The maximum absolute atomic E-state index is 5.91. The first kappa shape index (κ1) is 14.2. The van der Waals surface area contributed by atoms with Gasteiger partial charge in [-0.2, -0.15) is 4.98 Å². The first-order valence-electron chi connectivity index (χ1n) is 7.40. The minimum Gasteiger partial charge on any atom is -0.497 e. The first-order chi connectivity index (χ1) is 11.8. The highest BCUT2D eigenvalue weighted by atomic mass is 16.5. The third-order valence-electron chi connectivity index (χ3n) is 3.58. The summed E-state index contributed by atoms with van der Waals surface area (Å²) in [7, 11) is 1.62. The van der Waals surface area contributed by atoms with E-state index in [2.05, 4.69) is 20.3 Å². The van der Waals surface area contributed by atoms with Crippen LogP contribution < -0.4 is 14.8 Å². The Kier molecular flexibility index (Phi) is 3.55. The van der Waals surface area contributed by atoms with Crippen molar-refractivity contribution in [3.63, 3.8) is 0 Å². The van der Waals surface area contributed by atoms with Crippen molar-refractivity contribution in [2.24, 2.45) is 4.99 Å². The van der Waals surface area contributed by atoms with Gasteiger partial charge in [-0.15, -0.1) is 0 Å². The Morgan fingerprint density at radius 2 is 1.92 bits per heavy atom. The Morgan fingerprint density at radius 3 is 2.75 bits per heavy atom. The predicted molar refractivity (Wildman–Crippen MR) is 92.1 cm³/mol. The van der Waals surface area contributed by atoms with E-state index in [1.54, 1.807) is 13.3 Å². The molecule has 0 bridgehead atoms. The Morgan fingerprint density at radius 1 is 1.04 bits per heavy atom. The Balaban J connectivity index is 1.74. The molecule has 3 aromatic rings. The van der Waals surface area contributed by atoms with Crippen molar-refractivity contribution in [2.75, 3.05) is 12.4 Å². The summed E-state index contributed by atoms with van der Waals surface area (Å²) in [6.45, 7) is 0. The minimum atomic E-state index is 0.406. The zero-order chi connectivity index (χ0) is 16.4. The molecule has 1 aromatic heterocycles. The van der Waals surface area contributed by atoms with Crippen LogP contribution in [0.25, 0.3) is 0 Å². The lowest BCUT2D eigenvalue weighted by Crippen LogP contribution is -1.97. The number of aromatic nitrogens is 2. The van der Waals surface area contributed by atoms with Gasteiger partial charge in [0.05, 0.1) is 7.11 Å². The van der Waals surface area contributed by atoms with E-state index in [-0.39, 0.29) is 0 Å². The zero-order valence-corrected chi connectivity index (χ0v) is 12.9. The molecule has 0 spiro atoms. The Bertz CT molecular complexity index is 910. The first-order valence-corrected chi connectivity index (χ1v) is 7.40. The van der Waals surface area contributed by atoms with E-state index in [1.807, 2.05) is 48.5 Å². The number of ether oxygens (including phenoxy) is 2. The normalized spacial score (nSPS) is 11.7. The van der Waals surface area contributed by atoms with Crippen molar-refractivity contribution in [3.8, 4) is 17.4 Å². The molecule has 0 fully saturated rings. The summed E-state index contributed by atoms with van der Waals surface area (Å²) in [6.07, 6.45) is 3.18. The molecule has 1 aliphatic rings. The van der Waals surface area contributed by atoms with E-state index in [9.17, 15) is 0 Å². The standard InChI is InChI=1S/C18H14N4O2/c1-23-14-7-8-15-12(9-14)10-19-16-17(20-11-21-18(16)24-15)22-13-5-3-2-4-6-13/h2-11H,1H3,(H,20,21,22). The van der Waals surface area contributed by atoms with Gasteiger partial charge in [0.1, 0.15) is 17.8 Å². The van der Waals surface area contributed by atoms with Crippen molar-refractivity contribution in [2.45, 2.75) is 0 Å². The summed E-state index contributed by atoms with van der Waals surface area (Å²) in [5.74, 6) is 2.40. The predicted octanol–water partition coefficient (Wildman–Crippen LogP) is 4.09. The molecule has 6 nitrogen and oxygen atoms in total. The van der Waals surface area contributed by atoms with Crippen LogP contribution in [0.2, 0.25) is 0 Å². The number of hydrogen-bond acceptors (Lipinski definition) is 6. The van der Waals surface area contributed by atoms with Crippen LogP contribution in [0.5, 0.6) is 17.4 Å². The molecule has 2 aromatic carbocycles. The van der Waals surface area contributed by atoms with E-state index in [4.69, 9.17) is 9.47 Å². The number of aliphatic imine (C=N–C) groups is 1. The second kappa shape index (κ2) is 6.00. The second-order valence-electron chi connectivity index (χ2n) is 5.13. The van der Waals surface area contributed by atoms with Crippen LogP contribution in [0.3, 0.4) is 0 Å². The number of nitrogens with one attached hydrogen (secondary N) is 1. The molecular formula is C18H14N4O2. The third kappa shape index (κ3) is 2.65. The van der Waals surface area contributed by atoms with Crippen LogP contribution in [0, 0.1) is 0 Å². The molecule has 1 N–H and O–H groups in total. The van der Waals surface area contributed by atoms with E-state index in [1.165, 1.54) is 6.33 Å². The van der Waals surface area contributed by atoms with Gasteiger partial charge in [0.25, 0.3) is 5.88 Å². The average Bonchev–Trinajstić information content (AvgIpc) is 2.82. The molecule has 0 radical (unpaired) electrons. The Labute approximate surface area is 138 Å². The molecule has 0 atom stereocenters. The summed E-state index contributed by atoms with van der Waals surface area (Å²) in [6, 6.07) is 15.3. The lowest BCUT2D eigenvalue weighted by atomic mass is 10.2. The average molecular weight is 318 g/mol. The largest absolute Gasteiger partial charge is 0.497 e. The monoisotopic (exact) mass is 318 g/mol. The summed E-state index contributed by atoms with van der Waals surface area (Å²) < 4.78 is 11.2. The SMILES string of the molecule is COc1ccc2c(c1)C=Nc1c(Nc3ccccc3)ncnc1O2. The van der Waals surface area contributed by atoms with Crippen LogP contribution >= 0.6 is 0 Å². The summed E-state index contributed by atoms with van der Waals surface area (Å²) >= 11 is 0. The Hall–Kier alpha value is -3.41. The second-order valence-corrected chi connectivity index (χ2v) is 5.13. The van der Waals surface area contributed by atoms with Gasteiger partial charge in [-0.25, -0.2) is 9.98 Å². The lowest BCUT2D eigenvalue weighted by molar-refractivity contribution is 0.412. The zero-order valence-electron chi connectivity index (χ0n) is 12.9. The molecule has 0 saturated carbocycles. The molecule has 0 saturated heterocycles. The third-order valence-corrected chi connectivity index (χ3v) is 3.58. The molecule has 1 aliphatic heterocycles. The smallest absolute Gasteiger partial charge is 0.250 e. The summed E-state index contributed by atoms with van der Waals surface area (Å²) in [4.78, 5) is 13.0. The van der Waals surface area contributed by atoms with Gasteiger partial charge in [0, 0.05) is 17.5 Å². The van der Waals surface area contributed by atoms with Gasteiger partial charge < -0.3 is 14.8 Å². The fourth-order valence-corrected chi connectivity index (χ4v) is 2.39. The molecule has 6 heteroatoms. The highest BCUT2D eigenvalue weighted by Crippen LogP contribution is 2.39. The number of rotatable bonds is 3. The lowest BCUT2D eigenvalue weighted by Gasteiger charge is -2.11. The van der Waals surface area contributed by atoms with Crippen molar-refractivity contribution in [1.29, 1.82) is 0 Å². The minimum absolute atomic E-state index is 0.406. The summed E-state index contributed by atoms with van der Waals surface area (Å²) in [5.41, 5.74) is 2.28. The van der Waals surface area contributed by atoms with Crippen LogP contribution in [-0.2, 0) is 0 Å². The van der Waals surface area contributed by atoms with Gasteiger partial charge in [-0.1, -0.05) is 18.2 Å². The van der Waals surface area contributed by atoms with Crippen molar-refractivity contribution < 1.29 is 9.47 Å². The highest BCUT2D eigenvalue weighted by Gasteiger charge is 2.18. The van der Waals surface area contributed by atoms with E-state index in [0.717, 1.165) is 17.0 Å². The number of benzene rings is 2. The molecule has 4 rings (SSSR count). The van der Waals surface area contributed by atoms with Crippen molar-refractivity contribution in [1.82, 2.24) is 9.97 Å². The van der Waals surface area contributed by atoms with Crippen LogP contribution in [0.15, 0.2) is 59.9 Å². The van der Waals surface area contributed by atoms with Crippen molar-refractivity contribution in [3.05, 3.63) is 60.4 Å². The molecular weight excluding hydrogens is 304 g/mol. The molecule has 24 heavy (non-hydrogen) atoms. The van der Waals surface area contributed by atoms with Crippen LogP contribution in [0.1, 0.15) is 5.56 Å². The highest BCUT2D eigenvalue weighted by molar-refractivity contribution is 5.90. The quantitative estimate of drug-likeness (QED) is 0.616. The number of hydrogen-bond donors (Lipinski definition) is 1. The number of para-hydroxylation sites is 1. The van der Waals surface area contributed by atoms with Gasteiger partial charge in [0.15, 0.2) is 11.5 Å². The molecule has 118 valence electrons. The van der Waals surface area contributed by atoms with E-state index >= 15 is 0 Å². The number of methoxy groups -OCH3 is 1. The molecule has 2 heterocycles. The van der Waals surface area contributed by atoms with Crippen LogP contribution in [-0.4, -0.2) is 23.3 Å². The van der Waals surface area contributed by atoms with Crippen LogP contribution in [0.4, 0.5) is 17.2 Å². The number of anilines is 2. The number of fused-ring (bicyclic) bond motifs is 2. The van der Waals surface area contributed by atoms with Gasteiger partial charge in [-0.3, -0.25) is 0 Å². The molecule has 0 unspecified atom stereocenters.